The maximum Gasteiger partial charge on any atom is 0.231 e. The van der Waals surface area contributed by atoms with E-state index in [9.17, 15) is 14.0 Å². The highest BCUT2D eigenvalue weighted by Crippen LogP contribution is 2.29. The number of anilines is 1. The molecule has 0 aliphatic carbocycles. The van der Waals surface area contributed by atoms with E-state index in [4.69, 9.17) is 0 Å². The molecule has 3 nitrogen and oxygen atoms in total. The van der Waals surface area contributed by atoms with Gasteiger partial charge in [0.05, 0.1) is 6.42 Å². The average molecular weight is 269 g/mol. The number of benzene rings is 2. The number of carbonyl (C=O) groups is 2. The highest BCUT2D eigenvalue weighted by atomic mass is 19.1. The molecule has 100 valence electrons. The molecule has 0 atom stereocenters. The monoisotopic (exact) mass is 269 g/mol. The lowest BCUT2D eigenvalue weighted by molar-refractivity contribution is -0.117. The lowest BCUT2D eigenvalue weighted by Crippen LogP contribution is -2.20. The van der Waals surface area contributed by atoms with Crippen LogP contribution in [0.5, 0.6) is 0 Å². The van der Waals surface area contributed by atoms with Gasteiger partial charge in [0, 0.05) is 23.9 Å². The number of carbonyl (C=O) groups excluding carboxylic acids is 2. The number of fused-ring (bicyclic) bond motifs is 1. The number of ketones is 1. The van der Waals surface area contributed by atoms with Crippen LogP contribution in [0.4, 0.5) is 10.1 Å². The number of likely N-dealkylation sites (N-methyl/N-ethyl adjacent to an activating group) is 1. The van der Waals surface area contributed by atoms with Crippen LogP contribution in [0.25, 0.3) is 0 Å². The zero-order valence-electron chi connectivity index (χ0n) is 10.9. The fraction of sp³-hybridized carbons (Fsp3) is 0.125. The van der Waals surface area contributed by atoms with Crippen LogP contribution >= 0.6 is 0 Å². The Bertz CT molecular complexity index is 724. The van der Waals surface area contributed by atoms with E-state index in [-0.39, 0.29) is 11.7 Å². The van der Waals surface area contributed by atoms with Gasteiger partial charge in [-0.15, -0.1) is 0 Å². The van der Waals surface area contributed by atoms with Crippen molar-refractivity contribution in [1.29, 1.82) is 0 Å². The quantitative estimate of drug-likeness (QED) is 0.786. The van der Waals surface area contributed by atoms with Gasteiger partial charge in [0.15, 0.2) is 5.78 Å². The molecule has 3 rings (SSSR count). The van der Waals surface area contributed by atoms with Crippen LogP contribution in [0.1, 0.15) is 21.5 Å². The Labute approximate surface area is 115 Å². The molecule has 0 saturated heterocycles. The topological polar surface area (TPSA) is 37.4 Å². The van der Waals surface area contributed by atoms with Crippen LogP contribution in [0.2, 0.25) is 0 Å². The maximum absolute atomic E-state index is 13.2. The van der Waals surface area contributed by atoms with E-state index < -0.39 is 5.82 Å². The van der Waals surface area contributed by atoms with E-state index in [2.05, 4.69) is 0 Å². The zero-order chi connectivity index (χ0) is 14.3. The summed E-state index contributed by atoms with van der Waals surface area (Å²) in [7, 11) is 1.71. The molecule has 0 fully saturated rings. The minimum Gasteiger partial charge on any atom is -0.315 e. The van der Waals surface area contributed by atoms with E-state index in [1.807, 2.05) is 0 Å². The zero-order valence-corrected chi connectivity index (χ0v) is 10.9. The third-order valence-electron chi connectivity index (χ3n) is 3.51. The minimum atomic E-state index is -0.438. The maximum atomic E-state index is 13.2. The molecule has 20 heavy (non-hydrogen) atoms. The molecule has 0 aromatic heterocycles. The molecular weight excluding hydrogens is 257 g/mol. The Hall–Kier alpha value is -2.49. The summed E-state index contributed by atoms with van der Waals surface area (Å²) >= 11 is 0. The van der Waals surface area contributed by atoms with Crippen LogP contribution in [0, 0.1) is 5.82 Å². The Balaban J connectivity index is 1.99. The van der Waals surface area contributed by atoms with Gasteiger partial charge in [0.2, 0.25) is 5.91 Å². The van der Waals surface area contributed by atoms with Crippen LogP contribution < -0.4 is 4.90 Å². The van der Waals surface area contributed by atoms with Gasteiger partial charge in [-0.25, -0.2) is 4.39 Å². The summed E-state index contributed by atoms with van der Waals surface area (Å²) in [4.78, 5) is 25.5. The number of nitrogens with zero attached hydrogens (tertiary/aromatic N) is 1. The molecule has 0 N–H and O–H groups in total. The van der Waals surface area contributed by atoms with Crippen molar-refractivity contribution < 1.29 is 14.0 Å². The van der Waals surface area contributed by atoms with Gasteiger partial charge >= 0.3 is 0 Å². The second-order valence-corrected chi connectivity index (χ2v) is 4.81. The number of hydrogen-bond donors (Lipinski definition) is 0. The lowest BCUT2D eigenvalue weighted by atomic mass is 10.00. The second-order valence-electron chi connectivity index (χ2n) is 4.81. The van der Waals surface area contributed by atoms with Crippen molar-refractivity contribution in [3.05, 3.63) is 65.0 Å². The summed E-state index contributed by atoms with van der Waals surface area (Å²) in [6, 6.07) is 10.7. The Kier molecular flexibility index (Phi) is 2.86. The molecule has 0 saturated carbocycles. The van der Waals surface area contributed by atoms with Crippen molar-refractivity contribution in [2.24, 2.45) is 0 Å². The summed E-state index contributed by atoms with van der Waals surface area (Å²) < 4.78 is 13.2. The first-order valence-corrected chi connectivity index (χ1v) is 6.26. The third kappa shape index (κ3) is 1.99. The molecule has 2 aromatic carbocycles. The van der Waals surface area contributed by atoms with Gasteiger partial charge in [-0.2, -0.15) is 0 Å². The van der Waals surface area contributed by atoms with Crippen LogP contribution in [0.3, 0.4) is 0 Å². The van der Waals surface area contributed by atoms with Gasteiger partial charge in [-0.1, -0.05) is 12.1 Å². The largest absolute Gasteiger partial charge is 0.315 e. The van der Waals surface area contributed by atoms with E-state index in [0.717, 1.165) is 11.3 Å². The SMILES string of the molecule is CN1C(=O)Cc2cc(C(=O)c3cccc(F)c3)ccc21. The fourth-order valence-electron chi connectivity index (χ4n) is 2.41. The molecule has 0 bridgehead atoms. The molecule has 0 unspecified atom stereocenters. The van der Waals surface area contributed by atoms with Crippen molar-refractivity contribution in [1.82, 2.24) is 0 Å². The van der Waals surface area contributed by atoms with Gasteiger partial charge in [-0.3, -0.25) is 9.59 Å². The summed E-state index contributed by atoms with van der Waals surface area (Å²) in [5, 5.41) is 0. The predicted octanol–water partition coefficient (Wildman–Crippen LogP) is 2.58. The van der Waals surface area contributed by atoms with Crippen molar-refractivity contribution >= 4 is 17.4 Å². The van der Waals surface area contributed by atoms with Crippen LogP contribution in [-0.4, -0.2) is 18.7 Å². The van der Waals surface area contributed by atoms with Gasteiger partial charge in [0.1, 0.15) is 5.82 Å². The number of amides is 1. The molecule has 0 spiro atoms. The molecule has 1 amide bonds. The average Bonchev–Trinajstić information content (AvgIpc) is 2.73. The van der Waals surface area contributed by atoms with Gasteiger partial charge in [0.25, 0.3) is 0 Å². The summed E-state index contributed by atoms with van der Waals surface area (Å²) in [5.74, 6) is -0.670. The molecule has 1 aliphatic rings. The van der Waals surface area contributed by atoms with Crippen LogP contribution in [-0.2, 0) is 11.2 Å². The normalized spacial score (nSPS) is 13.5. The van der Waals surface area contributed by atoms with E-state index in [1.54, 1.807) is 36.2 Å². The number of halogens is 1. The van der Waals surface area contributed by atoms with E-state index >= 15 is 0 Å². The molecule has 0 radical (unpaired) electrons. The predicted molar refractivity (Wildman–Crippen MR) is 73.4 cm³/mol. The Morgan fingerprint density at radius 3 is 2.65 bits per heavy atom. The Morgan fingerprint density at radius 1 is 1.15 bits per heavy atom. The first kappa shape index (κ1) is 12.5. The van der Waals surface area contributed by atoms with Crippen molar-refractivity contribution in [3.63, 3.8) is 0 Å². The highest BCUT2D eigenvalue weighted by molar-refractivity contribution is 6.10. The summed E-state index contributed by atoms with van der Waals surface area (Å²) in [6.07, 6.45) is 0.302. The third-order valence-corrected chi connectivity index (χ3v) is 3.51. The van der Waals surface area contributed by atoms with E-state index in [0.29, 0.717) is 17.5 Å². The molecule has 1 heterocycles. The van der Waals surface area contributed by atoms with Crippen molar-refractivity contribution in [2.75, 3.05) is 11.9 Å². The minimum absolute atomic E-state index is 0.00959. The molecule has 4 heteroatoms. The lowest BCUT2D eigenvalue weighted by Gasteiger charge is -2.10. The van der Waals surface area contributed by atoms with Crippen LogP contribution in [0.15, 0.2) is 42.5 Å². The standard InChI is InChI=1S/C16H12FNO2/c1-18-14-6-5-11(7-12(14)9-15(18)19)16(20)10-3-2-4-13(17)8-10/h2-8H,9H2,1H3. The first-order chi connectivity index (χ1) is 9.56. The molecular formula is C16H12FNO2. The highest BCUT2D eigenvalue weighted by Gasteiger charge is 2.24. The molecule has 2 aromatic rings. The second kappa shape index (κ2) is 4.56. The van der Waals surface area contributed by atoms with Crippen molar-refractivity contribution in [2.45, 2.75) is 6.42 Å². The first-order valence-electron chi connectivity index (χ1n) is 6.26. The Morgan fingerprint density at radius 2 is 1.90 bits per heavy atom. The number of hydrogen-bond acceptors (Lipinski definition) is 2. The van der Waals surface area contributed by atoms with Gasteiger partial charge < -0.3 is 4.90 Å². The van der Waals surface area contributed by atoms with E-state index in [1.165, 1.54) is 18.2 Å². The smallest absolute Gasteiger partial charge is 0.231 e. The summed E-state index contributed by atoms with van der Waals surface area (Å²) in [5.41, 5.74) is 2.44. The fourth-order valence-corrected chi connectivity index (χ4v) is 2.41. The number of rotatable bonds is 2. The summed E-state index contributed by atoms with van der Waals surface area (Å²) in [6.45, 7) is 0. The molecule has 1 aliphatic heterocycles. The van der Waals surface area contributed by atoms with Gasteiger partial charge in [-0.05, 0) is 35.9 Å². The van der Waals surface area contributed by atoms with Crippen molar-refractivity contribution in [3.8, 4) is 0 Å².